The van der Waals surface area contributed by atoms with Gasteiger partial charge in [-0.3, -0.25) is 14.5 Å². The van der Waals surface area contributed by atoms with E-state index in [1.165, 1.54) is 24.3 Å². The van der Waals surface area contributed by atoms with Crippen molar-refractivity contribution in [1.29, 1.82) is 0 Å². The van der Waals surface area contributed by atoms with Gasteiger partial charge in [0.2, 0.25) is 11.8 Å². The molecule has 0 saturated carbocycles. The number of benzene rings is 2. The standard InChI is InChI=1S/C23H23N3O3S/c1-3-29-21-11-7-8-18(14-21)15-24-22(28)13-12-19-16-30-23(25-19)26(17(2)27)20-9-5-4-6-10-20/h4-14,16H,3,15H2,1-2H3,(H,24,28). The Morgan fingerprint density at radius 2 is 1.97 bits per heavy atom. The van der Waals surface area contributed by atoms with Crippen LogP contribution in [-0.4, -0.2) is 23.4 Å². The van der Waals surface area contributed by atoms with Gasteiger partial charge in [0.25, 0.3) is 0 Å². The number of aromatic nitrogens is 1. The predicted molar refractivity (Wildman–Crippen MR) is 120 cm³/mol. The Hall–Kier alpha value is -3.45. The Morgan fingerprint density at radius 1 is 1.17 bits per heavy atom. The molecule has 0 aliphatic rings. The van der Waals surface area contributed by atoms with Crippen molar-refractivity contribution >= 4 is 40.0 Å². The average Bonchev–Trinajstić information content (AvgIpc) is 3.20. The molecular weight excluding hydrogens is 398 g/mol. The first kappa shape index (κ1) is 21.3. The number of carbonyl (C=O) groups is 2. The highest BCUT2D eigenvalue weighted by atomic mass is 32.1. The minimum atomic E-state index is -0.224. The molecule has 0 atom stereocenters. The van der Waals surface area contributed by atoms with Crippen molar-refractivity contribution in [2.45, 2.75) is 20.4 Å². The van der Waals surface area contributed by atoms with Crippen molar-refractivity contribution in [1.82, 2.24) is 10.3 Å². The summed E-state index contributed by atoms with van der Waals surface area (Å²) < 4.78 is 5.47. The van der Waals surface area contributed by atoms with Gasteiger partial charge in [0.05, 0.1) is 18.0 Å². The molecule has 0 fully saturated rings. The van der Waals surface area contributed by atoms with Gasteiger partial charge in [-0.25, -0.2) is 4.98 Å². The Labute approximate surface area is 179 Å². The summed E-state index contributed by atoms with van der Waals surface area (Å²) in [6.07, 6.45) is 3.07. The highest BCUT2D eigenvalue weighted by Gasteiger charge is 2.17. The molecule has 0 radical (unpaired) electrons. The summed E-state index contributed by atoms with van der Waals surface area (Å²) in [5.41, 5.74) is 2.33. The molecule has 0 unspecified atom stereocenters. The summed E-state index contributed by atoms with van der Waals surface area (Å²) in [4.78, 5) is 30.3. The molecule has 154 valence electrons. The van der Waals surface area contributed by atoms with Crippen LogP contribution in [0.2, 0.25) is 0 Å². The van der Waals surface area contributed by atoms with Gasteiger partial charge in [-0.15, -0.1) is 11.3 Å². The van der Waals surface area contributed by atoms with Crippen LogP contribution in [0, 0.1) is 0 Å². The van der Waals surface area contributed by atoms with Crippen LogP contribution in [0.4, 0.5) is 10.8 Å². The third kappa shape index (κ3) is 5.78. The molecule has 3 rings (SSSR count). The molecule has 1 aromatic heterocycles. The first-order valence-corrected chi connectivity index (χ1v) is 10.4. The second-order valence-corrected chi connectivity index (χ2v) is 7.21. The fourth-order valence-electron chi connectivity index (χ4n) is 2.78. The summed E-state index contributed by atoms with van der Waals surface area (Å²) in [5, 5.41) is 5.21. The largest absolute Gasteiger partial charge is 0.494 e. The molecule has 6 nitrogen and oxygen atoms in total. The molecule has 3 aromatic rings. The zero-order valence-electron chi connectivity index (χ0n) is 16.9. The summed E-state index contributed by atoms with van der Waals surface area (Å²) in [7, 11) is 0. The Bertz CT molecular complexity index is 1030. The maximum Gasteiger partial charge on any atom is 0.244 e. The first-order valence-electron chi connectivity index (χ1n) is 9.55. The minimum Gasteiger partial charge on any atom is -0.494 e. The van der Waals surface area contributed by atoms with Crippen LogP contribution in [-0.2, 0) is 16.1 Å². The lowest BCUT2D eigenvalue weighted by Gasteiger charge is -2.17. The second-order valence-electron chi connectivity index (χ2n) is 6.38. The summed E-state index contributed by atoms with van der Waals surface area (Å²) in [6.45, 7) is 4.43. The van der Waals surface area contributed by atoms with Crippen LogP contribution in [0.1, 0.15) is 25.1 Å². The van der Waals surface area contributed by atoms with Gasteiger partial charge >= 0.3 is 0 Å². The molecule has 1 N–H and O–H groups in total. The number of nitrogens with one attached hydrogen (secondary N) is 1. The molecular formula is C23H23N3O3S. The van der Waals surface area contributed by atoms with Crippen molar-refractivity contribution in [3.8, 4) is 5.75 Å². The van der Waals surface area contributed by atoms with Gasteiger partial charge in [-0.05, 0) is 42.8 Å². The van der Waals surface area contributed by atoms with Crippen molar-refractivity contribution in [3.63, 3.8) is 0 Å². The van der Waals surface area contributed by atoms with E-state index in [1.54, 1.807) is 11.0 Å². The van der Waals surface area contributed by atoms with Gasteiger partial charge in [0.15, 0.2) is 5.13 Å². The van der Waals surface area contributed by atoms with Gasteiger partial charge in [-0.2, -0.15) is 0 Å². The monoisotopic (exact) mass is 421 g/mol. The number of hydrogen-bond acceptors (Lipinski definition) is 5. The van der Waals surface area contributed by atoms with Gasteiger partial charge in [0, 0.05) is 24.9 Å². The Kier molecular flexibility index (Phi) is 7.34. The zero-order valence-corrected chi connectivity index (χ0v) is 17.7. The van der Waals surface area contributed by atoms with Crippen molar-refractivity contribution in [2.24, 2.45) is 0 Å². The van der Waals surface area contributed by atoms with Crippen LogP contribution in [0.25, 0.3) is 6.08 Å². The van der Waals surface area contributed by atoms with Crippen LogP contribution in [0.3, 0.4) is 0 Å². The lowest BCUT2D eigenvalue weighted by atomic mass is 10.2. The normalized spacial score (nSPS) is 10.7. The van der Waals surface area contributed by atoms with E-state index in [1.807, 2.05) is 66.9 Å². The van der Waals surface area contributed by atoms with E-state index < -0.39 is 0 Å². The number of amides is 2. The van der Waals surface area contributed by atoms with E-state index in [9.17, 15) is 9.59 Å². The van der Waals surface area contributed by atoms with Gasteiger partial charge in [-0.1, -0.05) is 30.3 Å². The maximum absolute atomic E-state index is 12.2. The molecule has 2 amide bonds. The molecule has 7 heteroatoms. The quantitative estimate of drug-likeness (QED) is 0.542. The van der Waals surface area contributed by atoms with Crippen LogP contribution < -0.4 is 15.0 Å². The molecule has 0 aliphatic carbocycles. The summed E-state index contributed by atoms with van der Waals surface area (Å²) >= 11 is 1.35. The lowest BCUT2D eigenvalue weighted by Crippen LogP contribution is -2.22. The fourth-order valence-corrected chi connectivity index (χ4v) is 3.64. The number of para-hydroxylation sites is 1. The fraction of sp³-hybridized carbons (Fsp3) is 0.174. The van der Waals surface area contributed by atoms with Gasteiger partial charge in [0.1, 0.15) is 5.75 Å². The molecule has 0 saturated heterocycles. The molecule has 2 aromatic carbocycles. The molecule has 30 heavy (non-hydrogen) atoms. The van der Waals surface area contributed by atoms with Crippen LogP contribution in [0.15, 0.2) is 66.1 Å². The number of nitrogens with zero attached hydrogens (tertiary/aromatic N) is 2. The van der Waals surface area contributed by atoms with Crippen molar-refractivity contribution in [3.05, 3.63) is 77.3 Å². The lowest BCUT2D eigenvalue weighted by molar-refractivity contribution is -0.117. The highest BCUT2D eigenvalue weighted by molar-refractivity contribution is 7.14. The topological polar surface area (TPSA) is 71.5 Å². The smallest absolute Gasteiger partial charge is 0.244 e. The molecule has 0 aliphatic heterocycles. The molecule has 1 heterocycles. The van der Waals surface area contributed by atoms with Crippen molar-refractivity contribution in [2.75, 3.05) is 11.5 Å². The maximum atomic E-state index is 12.2. The number of ether oxygens (including phenoxy) is 1. The summed E-state index contributed by atoms with van der Waals surface area (Å²) in [5.74, 6) is 0.430. The van der Waals surface area contributed by atoms with E-state index in [0.29, 0.717) is 24.0 Å². The van der Waals surface area contributed by atoms with Gasteiger partial charge < -0.3 is 10.1 Å². The Balaban J connectivity index is 1.61. The second kappa shape index (κ2) is 10.4. The van der Waals surface area contributed by atoms with Crippen molar-refractivity contribution < 1.29 is 14.3 Å². The van der Waals surface area contributed by atoms with E-state index in [-0.39, 0.29) is 11.8 Å². The third-order valence-corrected chi connectivity index (χ3v) is 4.96. The first-order chi connectivity index (χ1) is 14.6. The molecule has 0 bridgehead atoms. The van der Waals surface area contributed by atoms with E-state index >= 15 is 0 Å². The SMILES string of the molecule is CCOc1cccc(CNC(=O)C=Cc2csc(N(C(C)=O)c3ccccc3)n2)c1. The third-order valence-electron chi connectivity index (χ3n) is 4.11. The average molecular weight is 422 g/mol. The Morgan fingerprint density at radius 3 is 2.70 bits per heavy atom. The summed E-state index contributed by atoms with van der Waals surface area (Å²) in [6, 6.07) is 16.9. The van der Waals surface area contributed by atoms with Crippen LogP contribution >= 0.6 is 11.3 Å². The van der Waals surface area contributed by atoms with E-state index in [0.717, 1.165) is 17.0 Å². The number of anilines is 2. The van der Waals surface area contributed by atoms with Crippen LogP contribution in [0.5, 0.6) is 5.75 Å². The number of hydrogen-bond donors (Lipinski definition) is 1. The van der Waals surface area contributed by atoms with E-state index in [2.05, 4.69) is 10.3 Å². The highest BCUT2D eigenvalue weighted by Crippen LogP contribution is 2.29. The zero-order chi connectivity index (χ0) is 21.3. The number of thiazole rings is 1. The minimum absolute atomic E-state index is 0.127. The number of rotatable bonds is 8. The number of carbonyl (C=O) groups excluding carboxylic acids is 2. The predicted octanol–water partition coefficient (Wildman–Crippen LogP) is 4.56. The van der Waals surface area contributed by atoms with E-state index in [4.69, 9.17) is 4.74 Å². The molecule has 0 spiro atoms.